The van der Waals surface area contributed by atoms with Gasteiger partial charge in [0.15, 0.2) is 16.7 Å². The Morgan fingerprint density at radius 2 is 1.93 bits per heavy atom. The number of carbonyl (C=O) groups excluding carboxylic acids is 1. The average molecular weight is 421 g/mol. The van der Waals surface area contributed by atoms with Crippen LogP contribution in [-0.4, -0.2) is 42.0 Å². The van der Waals surface area contributed by atoms with Crippen molar-refractivity contribution in [3.05, 3.63) is 48.0 Å². The highest BCUT2D eigenvalue weighted by Gasteiger charge is 2.17. The van der Waals surface area contributed by atoms with Gasteiger partial charge in [0.1, 0.15) is 6.54 Å². The molecule has 0 radical (unpaired) electrons. The van der Waals surface area contributed by atoms with E-state index in [4.69, 9.17) is 9.47 Å². The molecule has 1 aromatic heterocycles. The Bertz CT molecular complexity index is 994. The number of ether oxygens (including phenoxy) is 2. The summed E-state index contributed by atoms with van der Waals surface area (Å²) < 4.78 is 37.7. The molecule has 1 N–H and O–H groups in total. The molecule has 3 rings (SSSR count). The molecule has 0 unspecified atom stereocenters. The van der Waals surface area contributed by atoms with Crippen LogP contribution in [0.15, 0.2) is 47.6 Å². The number of alkyl halides is 2. The van der Waals surface area contributed by atoms with E-state index in [-0.39, 0.29) is 17.6 Å². The van der Waals surface area contributed by atoms with Gasteiger partial charge in [-0.15, -0.1) is 0 Å². The van der Waals surface area contributed by atoms with Gasteiger partial charge in [-0.1, -0.05) is 18.2 Å². The molecule has 6 nitrogen and oxygen atoms in total. The predicted octanol–water partition coefficient (Wildman–Crippen LogP) is 3.73. The minimum Gasteiger partial charge on any atom is -0.493 e. The fourth-order valence-electron chi connectivity index (χ4n) is 2.96. The maximum atomic E-state index is 12.9. The van der Waals surface area contributed by atoms with Crippen LogP contribution in [0, 0.1) is 0 Å². The molecule has 0 aliphatic carbocycles. The van der Waals surface area contributed by atoms with Gasteiger partial charge in [-0.05, 0) is 48.0 Å². The number of para-hydroxylation sites is 2. The first kappa shape index (κ1) is 20.9. The normalized spacial score (nSPS) is 11.1. The van der Waals surface area contributed by atoms with Gasteiger partial charge in [-0.3, -0.25) is 4.79 Å². The summed E-state index contributed by atoms with van der Waals surface area (Å²) in [5.41, 5.74) is 2.20. The third-order valence-corrected chi connectivity index (χ3v) is 5.00. The SMILES string of the molecule is COc1ccc(CCNC(=O)Cn2c(SC(F)F)nc3ccccc32)cc1OC. The number of benzene rings is 2. The van der Waals surface area contributed by atoms with Crippen molar-refractivity contribution in [1.82, 2.24) is 14.9 Å². The summed E-state index contributed by atoms with van der Waals surface area (Å²) in [6, 6.07) is 12.6. The highest BCUT2D eigenvalue weighted by molar-refractivity contribution is 7.99. The van der Waals surface area contributed by atoms with Gasteiger partial charge in [-0.25, -0.2) is 4.98 Å². The highest BCUT2D eigenvalue weighted by atomic mass is 32.2. The highest BCUT2D eigenvalue weighted by Crippen LogP contribution is 2.29. The quantitative estimate of drug-likeness (QED) is 0.534. The fraction of sp³-hybridized carbons (Fsp3) is 0.300. The molecule has 0 saturated heterocycles. The summed E-state index contributed by atoms with van der Waals surface area (Å²) in [5, 5.41) is 2.95. The van der Waals surface area contributed by atoms with E-state index in [2.05, 4.69) is 10.3 Å². The Balaban J connectivity index is 1.64. The minimum atomic E-state index is -2.61. The van der Waals surface area contributed by atoms with Crippen LogP contribution in [0.1, 0.15) is 5.56 Å². The smallest absolute Gasteiger partial charge is 0.291 e. The first-order chi connectivity index (χ1) is 14.0. The number of aromatic nitrogens is 2. The number of carbonyl (C=O) groups is 1. The maximum Gasteiger partial charge on any atom is 0.291 e. The number of amides is 1. The van der Waals surface area contributed by atoms with Gasteiger partial charge in [0.25, 0.3) is 5.76 Å². The number of imidazole rings is 1. The fourth-order valence-corrected chi connectivity index (χ4v) is 3.56. The molecule has 2 aromatic carbocycles. The van der Waals surface area contributed by atoms with E-state index in [1.54, 1.807) is 38.5 Å². The Morgan fingerprint density at radius 3 is 2.66 bits per heavy atom. The van der Waals surface area contributed by atoms with Gasteiger partial charge >= 0.3 is 0 Å². The van der Waals surface area contributed by atoms with Gasteiger partial charge < -0.3 is 19.4 Å². The Kier molecular flexibility index (Phi) is 6.92. The Morgan fingerprint density at radius 1 is 1.17 bits per heavy atom. The summed E-state index contributed by atoms with van der Waals surface area (Å²) in [6.45, 7) is 0.319. The van der Waals surface area contributed by atoms with Crippen LogP contribution >= 0.6 is 11.8 Å². The van der Waals surface area contributed by atoms with Crippen molar-refractivity contribution in [2.45, 2.75) is 23.9 Å². The Labute approximate surface area is 171 Å². The van der Waals surface area contributed by atoms with Crippen molar-refractivity contribution < 1.29 is 23.0 Å². The Hall–Kier alpha value is -2.81. The van der Waals surface area contributed by atoms with Crippen molar-refractivity contribution in [3.8, 4) is 11.5 Å². The summed E-state index contributed by atoms with van der Waals surface area (Å²) in [7, 11) is 3.13. The lowest BCUT2D eigenvalue weighted by atomic mass is 10.1. The molecule has 0 aliphatic heterocycles. The number of halogens is 2. The lowest BCUT2D eigenvalue weighted by Gasteiger charge is -2.11. The molecule has 1 amide bonds. The standard InChI is InChI=1S/C20H21F2N3O3S/c1-27-16-8-7-13(11-17(16)28-2)9-10-23-18(26)12-25-15-6-4-3-5-14(15)24-20(25)29-19(21)22/h3-8,11,19H,9-10,12H2,1-2H3,(H,23,26). The van der Waals surface area contributed by atoms with Crippen LogP contribution < -0.4 is 14.8 Å². The zero-order chi connectivity index (χ0) is 20.8. The van der Waals surface area contributed by atoms with E-state index in [1.165, 1.54) is 4.57 Å². The zero-order valence-corrected chi connectivity index (χ0v) is 16.8. The first-order valence-electron chi connectivity index (χ1n) is 8.89. The molecular weight excluding hydrogens is 400 g/mol. The van der Waals surface area contributed by atoms with Crippen LogP contribution in [-0.2, 0) is 17.8 Å². The van der Waals surface area contributed by atoms with Gasteiger partial charge in [0.2, 0.25) is 5.91 Å². The van der Waals surface area contributed by atoms with Crippen molar-refractivity contribution >= 4 is 28.7 Å². The summed E-state index contributed by atoms with van der Waals surface area (Å²) >= 11 is 0.334. The van der Waals surface area contributed by atoms with E-state index in [1.807, 2.05) is 18.2 Å². The molecule has 9 heteroatoms. The molecule has 0 aliphatic rings. The van der Waals surface area contributed by atoms with E-state index < -0.39 is 5.76 Å². The van der Waals surface area contributed by atoms with E-state index >= 15 is 0 Å². The molecule has 0 fully saturated rings. The lowest BCUT2D eigenvalue weighted by Crippen LogP contribution is -2.29. The number of fused-ring (bicyclic) bond motifs is 1. The molecule has 3 aromatic rings. The maximum absolute atomic E-state index is 12.9. The topological polar surface area (TPSA) is 65.4 Å². The molecular formula is C20H21F2N3O3S. The second kappa shape index (κ2) is 9.60. The number of nitrogens with zero attached hydrogens (tertiary/aromatic N) is 2. The number of methoxy groups -OCH3 is 2. The van der Waals surface area contributed by atoms with Crippen molar-refractivity contribution in [2.24, 2.45) is 0 Å². The largest absolute Gasteiger partial charge is 0.493 e. The van der Waals surface area contributed by atoms with Gasteiger partial charge in [0.05, 0.1) is 25.3 Å². The van der Waals surface area contributed by atoms with E-state index in [9.17, 15) is 13.6 Å². The number of rotatable bonds is 9. The summed E-state index contributed by atoms with van der Waals surface area (Å²) in [5.74, 6) is -1.63. The number of hydrogen-bond acceptors (Lipinski definition) is 5. The first-order valence-corrected chi connectivity index (χ1v) is 9.77. The molecule has 0 spiro atoms. The van der Waals surface area contributed by atoms with E-state index in [0.717, 1.165) is 5.56 Å². The zero-order valence-electron chi connectivity index (χ0n) is 16.0. The van der Waals surface area contributed by atoms with Crippen molar-refractivity contribution in [2.75, 3.05) is 20.8 Å². The number of hydrogen-bond donors (Lipinski definition) is 1. The molecule has 0 bridgehead atoms. The van der Waals surface area contributed by atoms with Crippen molar-refractivity contribution in [1.29, 1.82) is 0 Å². The van der Waals surface area contributed by atoms with Crippen LogP contribution in [0.25, 0.3) is 11.0 Å². The van der Waals surface area contributed by atoms with Gasteiger partial charge in [0, 0.05) is 6.54 Å². The van der Waals surface area contributed by atoms with Crippen molar-refractivity contribution in [3.63, 3.8) is 0 Å². The second-order valence-electron chi connectivity index (χ2n) is 6.14. The van der Waals surface area contributed by atoms with E-state index in [0.29, 0.717) is 47.3 Å². The molecule has 0 saturated carbocycles. The summed E-state index contributed by atoms with van der Waals surface area (Å²) in [4.78, 5) is 16.6. The average Bonchev–Trinajstić information content (AvgIpc) is 3.04. The third kappa shape index (κ3) is 5.17. The molecule has 1 heterocycles. The minimum absolute atomic E-state index is 0.0818. The van der Waals surface area contributed by atoms with Crippen LogP contribution in [0.4, 0.5) is 8.78 Å². The third-order valence-electron chi connectivity index (χ3n) is 4.30. The number of thioether (sulfide) groups is 1. The van der Waals surface area contributed by atoms with Crippen LogP contribution in [0.2, 0.25) is 0 Å². The molecule has 154 valence electrons. The van der Waals surface area contributed by atoms with Crippen LogP contribution in [0.3, 0.4) is 0 Å². The summed E-state index contributed by atoms with van der Waals surface area (Å²) in [6.07, 6.45) is 0.593. The molecule has 0 atom stereocenters. The van der Waals surface area contributed by atoms with Crippen LogP contribution in [0.5, 0.6) is 11.5 Å². The second-order valence-corrected chi connectivity index (χ2v) is 7.09. The lowest BCUT2D eigenvalue weighted by molar-refractivity contribution is -0.121. The molecule has 29 heavy (non-hydrogen) atoms. The monoisotopic (exact) mass is 421 g/mol. The number of nitrogens with one attached hydrogen (secondary N) is 1. The predicted molar refractivity (Wildman–Crippen MR) is 108 cm³/mol. The van der Waals surface area contributed by atoms with Gasteiger partial charge in [-0.2, -0.15) is 8.78 Å².